The second-order valence-corrected chi connectivity index (χ2v) is 7.86. The zero-order valence-electron chi connectivity index (χ0n) is 18.0. The summed E-state index contributed by atoms with van der Waals surface area (Å²) in [6, 6.07) is 6.15. The van der Waals surface area contributed by atoms with Gasteiger partial charge in [0.1, 0.15) is 6.29 Å². The molecule has 2 nitrogen and oxygen atoms in total. The first-order chi connectivity index (χ1) is 14.0. The molecule has 1 aromatic rings. The summed E-state index contributed by atoms with van der Waals surface area (Å²) in [5.41, 5.74) is 5.96. The first-order valence-electron chi connectivity index (χ1n) is 10.7. The molecule has 0 heterocycles. The summed E-state index contributed by atoms with van der Waals surface area (Å²) in [6.07, 6.45) is 19.3. The third-order valence-corrected chi connectivity index (χ3v) is 5.29. The summed E-state index contributed by atoms with van der Waals surface area (Å²) in [5.74, 6) is 0.493. The van der Waals surface area contributed by atoms with Crippen molar-refractivity contribution in [2.75, 3.05) is 0 Å². The fraction of sp³-hybridized carbons (Fsp3) is 0.370. The number of rotatable bonds is 12. The van der Waals surface area contributed by atoms with Gasteiger partial charge in [-0.15, -0.1) is 0 Å². The molecule has 0 saturated carbocycles. The van der Waals surface area contributed by atoms with Crippen molar-refractivity contribution in [2.24, 2.45) is 0 Å². The predicted molar refractivity (Wildman–Crippen MR) is 126 cm³/mol. The Morgan fingerprint density at radius 3 is 2.86 bits per heavy atom. The van der Waals surface area contributed by atoms with Crippen molar-refractivity contribution >= 4 is 12.4 Å². The second kappa shape index (κ2) is 12.1. The lowest BCUT2D eigenvalue weighted by Crippen LogP contribution is -2.32. The number of hydrogen-bond acceptors (Lipinski definition) is 2. The van der Waals surface area contributed by atoms with Crippen LogP contribution in [0.4, 0.5) is 0 Å². The highest BCUT2D eigenvalue weighted by Gasteiger charge is 2.19. The van der Waals surface area contributed by atoms with Crippen molar-refractivity contribution in [3.63, 3.8) is 0 Å². The van der Waals surface area contributed by atoms with E-state index in [9.17, 15) is 4.79 Å². The van der Waals surface area contributed by atoms with Crippen LogP contribution in [0.5, 0.6) is 0 Å². The van der Waals surface area contributed by atoms with Crippen LogP contribution in [-0.2, 0) is 11.2 Å². The molecule has 2 heteroatoms. The Morgan fingerprint density at radius 2 is 2.10 bits per heavy atom. The van der Waals surface area contributed by atoms with Gasteiger partial charge in [0.25, 0.3) is 0 Å². The molecule has 2 rings (SSSR count). The molecule has 0 amide bonds. The molecule has 1 aliphatic carbocycles. The Balaban J connectivity index is 1.85. The molecule has 29 heavy (non-hydrogen) atoms. The van der Waals surface area contributed by atoms with Gasteiger partial charge < -0.3 is 10.1 Å². The average molecular weight is 390 g/mol. The van der Waals surface area contributed by atoms with Gasteiger partial charge in [0.05, 0.1) is 6.04 Å². The van der Waals surface area contributed by atoms with E-state index in [0.717, 1.165) is 49.7 Å². The minimum atomic E-state index is -0.241. The van der Waals surface area contributed by atoms with E-state index in [4.69, 9.17) is 0 Å². The van der Waals surface area contributed by atoms with E-state index in [1.807, 2.05) is 6.08 Å². The molecule has 0 radical (unpaired) electrons. The number of carbonyl (C=O) groups is 1. The van der Waals surface area contributed by atoms with Gasteiger partial charge in [-0.1, -0.05) is 87.2 Å². The van der Waals surface area contributed by atoms with Gasteiger partial charge in [0, 0.05) is 5.70 Å². The molecule has 0 aromatic heterocycles. The Bertz CT molecular complexity index is 797. The second-order valence-electron chi connectivity index (χ2n) is 7.86. The molecular formula is C27H35NO. The Morgan fingerprint density at radius 1 is 1.28 bits per heavy atom. The standard InChI is InChI=1S/C27H35NO/c1-5-6-7-8-12-21(2)13-9-15-23(4)28-26(20-29)19-25-18-11-17-24-16-10-14-22(3)27(24)25/h6-8,10-12,16-18,20,22,26,28H,2,4-5,9,13-15,19H2,1,3H3/b7-6-,12-8-. The monoisotopic (exact) mass is 389 g/mol. The van der Waals surface area contributed by atoms with Crippen molar-refractivity contribution in [3.8, 4) is 0 Å². The molecule has 2 unspecified atom stereocenters. The summed E-state index contributed by atoms with van der Waals surface area (Å²) in [6.45, 7) is 12.6. The maximum Gasteiger partial charge on any atom is 0.142 e. The largest absolute Gasteiger partial charge is 0.379 e. The number of hydrogen-bond donors (Lipinski definition) is 1. The van der Waals surface area contributed by atoms with E-state index >= 15 is 0 Å². The van der Waals surface area contributed by atoms with Crippen LogP contribution in [0, 0.1) is 0 Å². The summed E-state index contributed by atoms with van der Waals surface area (Å²) < 4.78 is 0. The van der Waals surface area contributed by atoms with Gasteiger partial charge in [0.2, 0.25) is 0 Å². The van der Waals surface area contributed by atoms with Crippen LogP contribution in [-0.4, -0.2) is 12.3 Å². The highest BCUT2D eigenvalue weighted by Crippen LogP contribution is 2.32. The number of carbonyl (C=O) groups excluding carboxylic acids is 1. The number of nitrogens with one attached hydrogen (secondary N) is 1. The van der Waals surface area contributed by atoms with Crippen molar-refractivity contribution in [1.29, 1.82) is 0 Å². The highest BCUT2D eigenvalue weighted by atomic mass is 16.1. The van der Waals surface area contributed by atoms with Gasteiger partial charge in [-0.25, -0.2) is 0 Å². The molecule has 0 fully saturated rings. The summed E-state index contributed by atoms with van der Waals surface area (Å²) in [7, 11) is 0. The minimum Gasteiger partial charge on any atom is -0.379 e. The SMILES string of the molecule is C=C(/C=C\C=C/CC)CCCC(=C)NC(C=O)Cc1cccc2c1C(C)CC=C2. The first-order valence-corrected chi connectivity index (χ1v) is 10.7. The van der Waals surface area contributed by atoms with Crippen LogP contribution in [0.2, 0.25) is 0 Å². The fourth-order valence-electron chi connectivity index (χ4n) is 3.80. The van der Waals surface area contributed by atoms with E-state index in [1.165, 1.54) is 16.7 Å². The lowest BCUT2D eigenvalue weighted by molar-refractivity contribution is -0.109. The molecule has 154 valence electrons. The summed E-state index contributed by atoms with van der Waals surface area (Å²) >= 11 is 0. The summed E-state index contributed by atoms with van der Waals surface area (Å²) in [5, 5.41) is 3.33. The van der Waals surface area contributed by atoms with Gasteiger partial charge in [-0.3, -0.25) is 0 Å². The third-order valence-electron chi connectivity index (χ3n) is 5.29. The topological polar surface area (TPSA) is 29.1 Å². The van der Waals surface area contributed by atoms with Gasteiger partial charge >= 0.3 is 0 Å². The smallest absolute Gasteiger partial charge is 0.142 e. The molecule has 1 aromatic carbocycles. The molecule has 0 bridgehead atoms. The molecule has 1 aliphatic rings. The van der Waals surface area contributed by atoms with E-state index < -0.39 is 0 Å². The van der Waals surface area contributed by atoms with E-state index in [-0.39, 0.29) is 6.04 Å². The van der Waals surface area contributed by atoms with Crippen molar-refractivity contribution in [1.82, 2.24) is 5.32 Å². The van der Waals surface area contributed by atoms with Gasteiger partial charge in [-0.05, 0) is 61.1 Å². The summed E-state index contributed by atoms with van der Waals surface area (Å²) in [4.78, 5) is 11.7. The zero-order valence-corrected chi connectivity index (χ0v) is 18.0. The predicted octanol–water partition coefficient (Wildman–Crippen LogP) is 6.67. The average Bonchev–Trinajstić information content (AvgIpc) is 2.71. The van der Waals surface area contributed by atoms with E-state index in [0.29, 0.717) is 12.3 Å². The lowest BCUT2D eigenvalue weighted by Gasteiger charge is -2.24. The quantitative estimate of drug-likeness (QED) is 0.319. The first kappa shape index (κ1) is 22.7. The van der Waals surface area contributed by atoms with Crippen molar-refractivity contribution in [3.05, 3.63) is 89.7 Å². The number of aldehydes is 1. The van der Waals surface area contributed by atoms with Crippen LogP contribution in [0.3, 0.4) is 0 Å². The minimum absolute atomic E-state index is 0.241. The van der Waals surface area contributed by atoms with Crippen LogP contribution in [0.1, 0.15) is 68.6 Å². The van der Waals surface area contributed by atoms with Crippen molar-refractivity contribution in [2.45, 2.75) is 64.3 Å². The van der Waals surface area contributed by atoms with E-state index in [1.54, 1.807) is 0 Å². The maximum absolute atomic E-state index is 11.7. The highest BCUT2D eigenvalue weighted by molar-refractivity contribution is 5.63. The lowest BCUT2D eigenvalue weighted by atomic mass is 9.83. The molecule has 0 saturated heterocycles. The Kier molecular flexibility index (Phi) is 9.43. The van der Waals surface area contributed by atoms with Crippen molar-refractivity contribution < 1.29 is 4.79 Å². The van der Waals surface area contributed by atoms with Crippen LogP contribution in [0.25, 0.3) is 6.08 Å². The molecule has 0 aliphatic heterocycles. The number of allylic oxidation sites excluding steroid dienone is 7. The normalized spacial score (nSPS) is 16.7. The number of fused-ring (bicyclic) bond motifs is 1. The Labute approximate surface area is 176 Å². The van der Waals surface area contributed by atoms with E-state index in [2.05, 4.69) is 80.9 Å². The molecule has 1 N–H and O–H groups in total. The number of benzene rings is 1. The molecule has 2 atom stereocenters. The van der Waals surface area contributed by atoms with Crippen LogP contribution >= 0.6 is 0 Å². The zero-order chi connectivity index (χ0) is 21.1. The maximum atomic E-state index is 11.7. The van der Waals surface area contributed by atoms with Gasteiger partial charge in [-0.2, -0.15) is 0 Å². The van der Waals surface area contributed by atoms with Crippen LogP contribution < -0.4 is 5.32 Å². The molecule has 0 spiro atoms. The van der Waals surface area contributed by atoms with Crippen LogP contribution in [0.15, 0.2) is 73.0 Å². The fourth-order valence-corrected chi connectivity index (χ4v) is 3.80. The third kappa shape index (κ3) is 7.38. The Hall–Kier alpha value is -2.61. The van der Waals surface area contributed by atoms with Gasteiger partial charge in [0.15, 0.2) is 0 Å². The molecular weight excluding hydrogens is 354 g/mol.